The average Bonchev–Trinajstić information content (AvgIpc) is 2.96. The summed E-state index contributed by atoms with van der Waals surface area (Å²) in [6, 6.07) is 5.36. The number of halogens is 2. The normalized spacial score (nSPS) is 17.8. The lowest BCUT2D eigenvalue weighted by molar-refractivity contribution is 0.0754. The maximum absolute atomic E-state index is 12.7. The minimum Gasteiger partial charge on any atom is -0.320 e. The molecular formula is C15H13Cl2N3OS. The Hall–Kier alpha value is -1.30. The van der Waals surface area contributed by atoms with E-state index in [1.807, 2.05) is 13.0 Å². The number of amides is 1. The third-order valence-electron chi connectivity index (χ3n) is 3.38. The quantitative estimate of drug-likeness (QED) is 0.818. The van der Waals surface area contributed by atoms with Gasteiger partial charge >= 0.3 is 0 Å². The van der Waals surface area contributed by atoms with E-state index >= 15 is 0 Å². The van der Waals surface area contributed by atoms with Crippen LogP contribution in [0.5, 0.6) is 0 Å². The summed E-state index contributed by atoms with van der Waals surface area (Å²) in [4.78, 5) is 22.7. The highest BCUT2D eigenvalue weighted by Gasteiger charge is 2.33. The zero-order valence-corrected chi connectivity index (χ0v) is 14.1. The second-order valence-corrected chi connectivity index (χ2v) is 6.96. The van der Waals surface area contributed by atoms with E-state index in [0.717, 1.165) is 17.0 Å². The Morgan fingerprint density at radius 3 is 2.82 bits per heavy atom. The Labute approximate surface area is 142 Å². The average molecular weight is 354 g/mol. The van der Waals surface area contributed by atoms with Gasteiger partial charge in [0.2, 0.25) is 0 Å². The van der Waals surface area contributed by atoms with E-state index in [4.69, 9.17) is 23.2 Å². The molecule has 4 nitrogen and oxygen atoms in total. The number of carbonyl (C=O) groups is 1. The monoisotopic (exact) mass is 353 g/mol. The highest BCUT2D eigenvalue weighted by Crippen LogP contribution is 2.42. The molecule has 0 spiro atoms. The Morgan fingerprint density at radius 2 is 2.14 bits per heavy atom. The zero-order chi connectivity index (χ0) is 15.7. The van der Waals surface area contributed by atoms with Crippen LogP contribution in [0.2, 0.25) is 10.0 Å². The molecule has 22 heavy (non-hydrogen) atoms. The first-order valence-electron chi connectivity index (χ1n) is 6.72. The van der Waals surface area contributed by atoms with Crippen molar-refractivity contribution in [3.63, 3.8) is 0 Å². The standard InChI is InChI=1S/C15H13Cl2N3OS/c1-9-7-19-13(8-18-9)14(21)20-4-5-22-15(20)11-3-2-10(16)6-12(11)17/h2-3,6-8,15H,4-5H2,1H3. The van der Waals surface area contributed by atoms with Crippen LogP contribution in [0.1, 0.15) is 27.1 Å². The molecule has 1 aliphatic heterocycles. The molecule has 3 rings (SSSR count). The Balaban J connectivity index is 1.89. The third-order valence-corrected chi connectivity index (χ3v) is 5.19. The van der Waals surface area contributed by atoms with Gasteiger partial charge in [-0.2, -0.15) is 0 Å². The molecule has 0 bridgehead atoms. The number of hydrogen-bond donors (Lipinski definition) is 0. The maximum Gasteiger partial charge on any atom is 0.275 e. The van der Waals surface area contributed by atoms with Crippen LogP contribution in [0.15, 0.2) is 30.6 Å². The fourth-order valence-corrected chi connectivity index (χ4v) is 4.16. The van der Waals surface area contributed by atoms with Crippen LogP contribution in [0.4, 0.5) is 0 Å². The Morgan fingerprint density at radius 1 is 1.32 bits per heavy atom. The van der Waals surface area contributed by atoms with Gasteiger partial charge in [-0.05, 0) is 19.1 Å². The van der Waals surface area contributed by atoms with E-state index in [1.165, 1.54) is 6.20 Å². The van der Waals surface area contributed by atoms with Gasteiger partial charge in [0.05, 0.1) is 11.9 Å². The van der Waals surface area contributed by atoms with Crippen molar-refractivity contribution in [1.29, 1.82) is 0 Å². The van der Waals surface area contributed by atoms with Crippen LogP contribution in [0.3, 0.4) is 0 Å². The van der Waals surface area contributed by atoms with E-state index in [1.54, 1.807) is 35.0 Å². The topological polar surface area (TPSA) is 46.1 Å². The van der Waals surface area contributed by atoms with Gasteiger partial charge in [0, 0.05) is 34.1 Å². The van der Waals surface area contributed by atoms with Gasteiger partial charge in [-0.3, -0.25) is 9.78 Å². The number of aryl methyl sites for hydroxylation is 1. The van der Waals surface area contributed by atoms with Crippen LogP contribution < -0.4 is 0 Å². The Bertz CT molecular complexity index is 708. The van der Waals surface area contributed by atoms with Crippen molar-refractivity contribution in [3.05, 3.63) is 57.6 Å². The van der Waals surface area contributed by atoms with E-state index in [0.29, 0.717) is 22.3 Å². The maximum atomic E-state index is 12.7. The predicted molar refractivity (Wildman–Crippen MR) is 89.5 cm³/mol. The first-order chi connectivity index (χ1) is 10.6. The molecule has 7 heteroatoms. The zero-order valence-electron chi connectivity index (χ0n) is 11.8. The molecule has 1 unspecified atom stereocenters. The molecule has 1 aromatic carbocycles. The van der Waals surface area contributed by atoms with Gasteiger partial charge in [0.15, 0.2) is 0 Å². The fourth-order valence-electron chi connectivity index (χ4n) is 2.29. The number of rotatable bonds is 2. The van der Waals surface area contributed by atoms with E-state index in [-0.39, 0.29) is 11.3 Å². The van der Waals surface area contributed by atoms with Gasteiger partial charge in [-0.25, -0.2) is 4.98 Å². The smallest absolute Gasteiger partial charge is 0.275 e. The summed E-state index contributed by atoms with van der Waals surface area (Å²) in [5.74, 6) is 0.725. The highest BCUT2D eigenvalue weighted by atomic mass is 35.5. The molecule has 0 aliphatic carbocycles. The molecule has 2 heterocycles. The third kappa shape index (κ3) is 3.07. The lowest BCUT2D eigenvalue weighted by Gasteiger charge is -2.24. The minimum absolute atomic E-state index is 0.125. The number of hydrogen-bond acceptors (Lipinski definition) is 4. The summed E-state index contributed by atoms with van der Waals surface area (Å²) < 4.78 is 0. The highest BCUT2D eigenvalue weighted by molar-refractivity contribution is 7.99. The number of aromatic nitrogens is 2. The van der Waals surface area contributed by atoms with Crippen molar-refractivity contribution in [3.8, 4) is 0 Å². The summed E-state index contributed by atoms with van der Waals surface area (Å²) in [6.07, 6.45) is 3.11. The van der Waals surface area contributed by atoms with Crippen LogP contribution in [0.25, 0.3) is 0 Å². The van der Waals surface area contributed by atoms with Crippen molar-refractivity contribution < 1.29 is 4.79 Å². The molecule has 1 aliphatic rings. The summed E-state index contributed by atoms with van der Waals surface area (Å²) in [6.45, 7) is 2.49. The summed E-state index contributed by atoms with van der Waals surface area (Å²) >= 11 is 13.9. The lowest BCUT2D eigenvalue weighted by atomic mass is 10.2. The van der Waals surface area contributed by atoms with E-state index in [2.05, 4.69) is 9.97 Å². The van der Waals surface area contributed by atoms with E-state index in [9.17, 15) is 4.79 Å². The number of benzene rings is 1. The van der Waals surface area contributed by atoms with Crippen LogP contribution in [-0.2, 0) is 0 Å². The molecule has 114 valence electrons. The van der Waals surface area contributed by atoms with Gasteiger partial charge < -0.3 is 4.90 Å². The molecule has 1 atom stereocenters. The Kier molecular flexibility index (Phi) is 4.57. The molecule has 1 amide bonds. The molecule has 1 saturated heterocycles. The van der Waals surface area contributed by atoms with Crippen molar-refractivity contribution in [2.45, 2.75) is 12.3 Å². The minimum atomic E-state index is -0.131. The fraction of sp³-hybridized carbons (Fsp3) is 0.267. The van der Waals surface area contributed by atoms with Gasteiger partial charge in [-0.1, -0.05) is 29.3 Å². The summed E-state index contributed by atoms with van der Waals surface area (Å²) in [5, 5.41) is 1.03. The van der Waals surface area contributed by atoms with Crippen LogP contribution in [0, 0.1) is 6.92 Å². The molecule has 1 aromatic heterocycles. The number of nitrogens with zero attached hydrogens (tertiary/aromatic N) is 3. The lowest BCUT2D eigenvalue weighted by Crippen LogP contribution is -2.31. The molecular weight excluding hydrogens is 341 g/mol. The molecule has 1 fully saturated rings. The van der Waals surface area contributed by atoms with E-state index < -0.39 is 0 Å². The van der Waals surface area contributed by atoms with Crippen molar-refractivity contribution in [1.82, 2.24) is 14.9 Å². The van der Waals surface area contributed by atoms with Crippen molar-refractivity contribution in [2.24, 2.45) is 0 Å². The second kappa shape index (κ2) is 6.44. The molecule has 0 saturated carbocycles. The summed E-state index contributed by atoms with van der Waals surface area (Å²) in [7, 11) is 0. The first-order valence-corrected chi connectivity index (χ1v) is 8.53. The van der Waals surface area contributed by atoms with Gasteiger partial charge in [-0.15, -0.1) is 11.8 Å². The number of carbonyl (C=O) groups excluding carboxylic acids is 1. The predicted octanol–water partition coefficient (Wildman–Crippen LogP) is 3.98. The molecule has 0 radical (unpaired) electrons. The number of thioether (sulfide) groups is 1. The van der Waals surface area contributed by atoms with Crippen LogP contribution >= 0.6 is 35.0 Å². The largest absolute Gasteiger partial charge is 0.320 e. The summed E-state index contributed by atoms with van der Waals surface area (Å²) in [5.41, 5.74) is 2.02. The molecule has 0 N–H and O–H groups in total. The van der Waals surface area contributed by atoms with Gasteiger partial charge in [0.1, 0.15) is 11.1 Å². The first kappa shape index (κ1) is 15.6. The van der Waals surface area contributed by atoms with Crippen molar-refractivity contribution in [2.75, 3.05) is 12.3 Å². The van der Waals surface area contributed by atoms with Gasteiger partial charge in [0.25, 0.3) is 5.91 Å². The van der Waals surface area contributed by atoms with Crippen LogP contribution in [-0.4, -0.2) is 33.1 Å². The van der Waals surface area contributed by atoms with Crippen molar-refractivity contribution >= 4 is 40.9 Å². The second-order valence-electron chi connectivity index (χ2n) is 4.93. The molecule has 2 aromatic rings. The SMILES string of the molecule is Cc1cnc(C(=O)N2CCSC2c2ccc(Cl)cc2Cl)cn1.